The van der Waals surface area contributed by atoms with E-state index in [4.69, 9.17) is 11.6 Å². The van der Waals surface area contributed by atoms with Gasteiger partial charge in [-0.2, -0.15) is 13.2 Å². The minimum Gasteiger partial charge on any atom is -0.340 e. The highest BCUT2D eigenvalue weighted by Gasteiger charge is 2.35. The van der Waals surface area contributed by atoms with Crippen molar-refractivity contribution < 1.29 is 17.6 Å². The normalized spacial score (nSPS) is 11.7. The van der Waals surface area contributed by atoms with Crippen LogP contribution < -0.4 is 5.32 Å². The van der Waals surface area contributed by atoms with E-state index in [0.29, 0.717) is 10.7 Å². The zero-order chi connectivity index (χ0) is 16.6. The lowest BCUT2D eigenvalue weighted by atomic mass is 10.2. The number of anilines is 2. The summed E-state index contributed by atoms with van der Waals surface area (Å²) < 4.78 is 52.2. The number of nitrogens with zero attached hydrogens (tertiary/aromatic N) is 2. The van der Waals surface area contributed by atoms with Crippen LogP contribution in [0.2, 0.25) is 5.02 Å². The Kier molecular flexibility index (Phi) is 3.81. The number of hydrogen-bond donors (Lipinski definition) is 1. The molecule has 0 aliphatic carbocycles. The molecule has 0 bridgehead atoms. The van der Waals surface area contributed by atoms with Gasteiger partial charge >= 0.3 is 6.18 Å². The molecule has 0 saturated carbocycles. The van der Waals surface area contributed by atoms with Gasteiger partial charge in [-0.25, -0.2) is 14.4 Å². The molecular formula is C15H8ClF4N3. The highest BCUT2D eigenvalue weighted by atomic mass is 35.5. The SMILES string of the molecule is Fc1ccc2nc(C(F)(F)F)nc(Nc3cccc(Cl)c3)c2c1. The van der Waals surface area contributed by atoms with Crippen molar-refractivity contribution in [2.24, 2.45) is 0 Å². The number of alkyl halides is 3. The van der Waals surface area contributed by atoms with Gasteiger partial charge in [-0.1, -0.05) is 17.7 Å². The smallest absolute Gasteiger partial charge is 0.340 e. The van der Waals surface area contributed by atoms with E-state index in [9.17, 15) is 17.6 Å². The molecular weight excluding hydrogens is 334 g/mol. The first-order valence-corrected chi connectivity index (χ1v) is 6.78. The van der Waals surface area contributed by atoms with E-state index < -0.39 is 17.8 Å². The molecule has 1 N–H and O–H groups in total. The van der Waals surface area contributed by atoms with Gasteiger partial charge in [0, 0.05) is 16.1 Å². The number of fused-ring (bicyclic) bond motifs is 1. The van der Waals surface area contributed by atoms with Gasteiger partial charge in [0.1, 0.15) is 11.6 Å². The van der Waals surface area contributed by atoms with Gasteiger partial charge in [0.05, 0.1) is 5.52 Å². The van der Waals surface area contributed by atoms with E-state index in [-0.39, 0.29) is 16.7 Å². The molecule has 1 heterocycles. The van der Waals surface area contributed by atoms with Crippen LogP contribution in [0.3, 0.4) is 0 Å². The third kappa shape index (κ3) is 3.34. The standard InChI is InChI=1S/C15H8ClF4N3/c16-8-2-1-3-10(6-8)21-13-11-7-9(17)4-5-12(11)22-14(23-13)15(18,19)20/h1-7H,(H,21,22,23). The summed E-state index contributed by atoms with van der Waals surface area (Å²) in [6.07, 6.45) is -4.71. The fraction of sp³-hybridized carbons (Fsp3) is 0.0667. The first-order valence-electron chi connectivity index (χ1n) is 6.40. The lowest BCUT2D eigenvalue weighted by molar-refractivity contribution is -0.144. The summed E-state index contributed by atoms with van der Waals surface area (Å²) in [5, 5.41) is 3.26. The van der Waals surface area contributed by atoms with Gasteiger partial charge in [0.2, 0.25) is 5.82 Å². The average molecular weight is 342 g/mol. The summed E-state index contributed by atoms with van der Waals surface area (Å²) in [6, 6.07) is 9.64. The second-order valence-electron chi connectivity index (χ2n) is 4.69. The summed E-state index contributed by atoms with van der Waals surface area (Å²) >= 11 is 5.85. The molecule has 2 aromatic carbocycles. The third-order valence-corrected chi connectivity index (χ3v) is 3.23. The molecule has 0 aliphatic rings. The molecule has 0 radical (unpaired) electrons. The first-order chi connectivity index (χ1) is 10.8. The second kappa shape index (κ2) is 5.66. The molecule has 1 aromatic heterocycles. The molecule has 8 heteroatoms. The maximum absolute atomic E-state index is 13.4. The molecule has 0 atom stereocenters. The van der Waals surface area contributed by atoms with E-state index in [1.54, 1.807) is 18.2 Å². The predicted molar refractivity (Wildman–Crippen MR) is 79.2 cm³/mol. The van der Waals surface area contributed by atoms with Crippen LogP contribution >= 0.6 is 11.6 Å². The Morgan fingerprint density at radius 3 is 2.48 bits per heavy atom. The number of benzene rings is 2. The number of aromatic nitrogens is 2. The van der Waals surface area contributed by atoms with Crippen LogP contribution in [0.4, 0.5) is 29.1 Å². The molecule has 0 spiro atoms. The molecule has 3 rings (SSSR count). The van der Waals surface area contributed by atoms with E-state index >= 15 is 0 Å². The largest absolute Gasteiger partial charge is 0.451 e. The van der Waals surface area contributed by atoms with Gasteiger partial charge in [0.25, 0.3) is 0 Å². The Morgan fingerprint density at radius 1 is 1.00 bits per heavy atom. The molecule has 0 aliphatic heterocycles. The van der Waals surface area contributed by atoms with Crippen molar-refractivity contribution in [3.63, 3.8) is 0 Å². The Bertz CT molecular complexity index is 880. The Hall–Kier alpha value is -2.41. The molecule has 0 unspecified atom stereocenters. The van der Waals surface area contributed by atoms with Gasteiger partial charge in [-0.15, -0.1) is 0 Å². The first kappa shape index (κ1) is 15.5. The Morgan fingerprint density at radius 2 is 1.78 bits per heavy atom. The topological polar surface area (TPSA) is 37.8 Å². The number of rotatable bonds is 2. The van der Waals surface area contributed by atoms with Crippen molar-refractivity contribution in [3.05, 3.63) is 59.1 Å². The molecule has 0 amide bonds. The van der Waals surface area contributed by atoms with Crippen LogP contribution in [0.1, 0.15) is 5.82 Å². The summed E-state index contributed by atoms with van der Waals surface area (Å²) in [4.78, 5) is 6.92. The third-order valence-electron chi connectivity index (χ3n) is 3.00. The Labute approximate surface area is 132 Å². The highest BCUT2D eigenvalue weighted by molar-refractivity contribution is 6.30. The van der Waals surface area contributed by atoms with Crippen molar-refractivity contribution in [1.82, 2.24) is 9.97 Å². The van der Waals surface area contributed by atoms with Crippen molar-refractivity contribution in [2.45, 2.75) is 6.18 Å². The minimum atomic E-state index is -4.71. The average Bonchev–Trinajstić information content (AvgIpc) is 2.46. The summed E-state index contributed by atoms with van der Waals surface area (Å²) in [6.45, 7) is 0. The van der Waals surface area contributed by atoms with Crippen LogP contribution in [-0.2, 0) is 6.18 Å². The number of nitrogens with one attached hydrogen (secondary N) is 1. The quantitative estimate of drug-likeness (QED) is 0.652. The zero-order valence-electron chi connectivity index (χ0n) is 11.3. The maximum atomic E-state index is 13.4. The summed E-state index contributed by atoms with van der Waals surface area (Å²) in [5.41, 5.74) is 0.410. The van der Waals surface area contributed by atoms with Gasteiger partial charge in [-0.3, -0.25) is 0 Å². The maximum Gasteiger partial charge on any atom is 0.451 e. The van der Waals surface area contributed by atoms with Crippen molar-refractivity contribution >= 4 is 34.0 Å². The van der Waals surface area contributed by atoms with Crippen LogP contribution in [0.25, 0.3) is 10.9 Å². The summed E-state index contributed by atoms with van der Waals surface area (Å²) in [5.74, 6) is -2.06. The molecule has 118 valence electrons. The highest BCUT2D eigenvalue weighted by Crippen LogP contribution is 2.32. The van der Waals surface area contributed by atoms with Gasteiger partial charge in [-0.05, 0) is 36.4 Å². The molecule has 0 fully saturated rings. The minimum absolute atomic E-state index is 0.0155. The number of hydrogen-bond acceptors (Lipinski definition) is 3. The monoisotopic (exact) mass is 341 g/mol. The van der Waals surface area contributed by atoms with E-state index in [2.05, 4.69) is 15.3 Å². The lowest BCUT2D eigenvalue weighted by Gasteiger charge is -2.12. The molecule has 3 nitrogen and oxygen atoms in total. The van der Waals surface area contributed by atoms with Crippen molar-refractivity contribution in [2.75, 3.05) is 5.32 Å². The lowest BCUT2D eigenvalue weighted by Crippen LogP contribution is -2.12. The van der Waals surface area contributed by atoms with E-state index in [1.165, 1.54) is 12.1 Å². The fourth-order valence-electron chi connectivity index (χ4n) is 2.03. The Balaban J connectivity index is 2.18. The van der Waals surface area contributed by atoms with Gasteiger partial charge < -0.3 is 5.32 Å². The van der Waals surface area contributed by atoms with Crippen LogP contribution in [0.15, 0.2) is 42.5 Å². The van der Waals surface area contributed by atoms with Crippen LogP contribution in [-0.4, -0.2) is 9.97 Å². The van der Waals surface area contributed by atoms with Crippen molar-refractivity contribution in [3.8, 4) is 0 Å². The molecule has 3 aromatic rings. The fourth-order valence-corrected chi connectivity index (χ4v) is 2.22. The van der Waals surface area contributed by atoms with Crippen LogP contribution in [0, 0.1) is 5.82 Å². The van der Waals surface area contributed by atoms with E-state index in [0.717, 1.165) is 12.1 Å². The van der Waals surface area contributed by atoms with Gasteiger partial charge in [0.15, 0.2) is 0 Å². The van der Waals surface area contributed by atoms with E-state index in [1.807, 2.05) is 0 Å². The summed E-state index contributed by atoms with van der Waals surface area (Å²) in [7, 11) is 0. The van der Waals surface area contributed by atoms with Crippen molar-refractivity contribution in [1.29, 1.82) is 0 Å². The molecule has 23 heavy (non-hydrogen) atoms. The molecule has 0 saturated heterocycles. The zero-order valence-corrected chi connectivity index (χ0v) is 12.1. The number of halogens is 5. The predicted octanol–water partition coefficient (Wildman–Crippen LogP) is 5.18. The van der Waals surface area contributed by atoms with Crippen LogP contribution in [0.5, 0.6) is 0 Å². The second-order valence-corrected chi connectivity index (χ2v) is 5.13.